The number of aromatic nitrogens is 1. The van der Waals surface area contributed by atoms with Crippen LogP contribution in [0.15, 0.2) is 57.8 Å². The second-order valence-corrected chi connectivity index (χ2v) is 9.23. The molecular formula is C22H24N4O4S2. The summed E-state index contributed by atoms with van der Waals surface area (Å²) in [6.45, 7) is 0. The van der Waals surface area contributed by atoms with Crippen LogP contribution in [0.2, 0.25) is 0 Å². The molecule has 0 saturated carbocycles. The van der Waals surface area contributed by atoms with Crippen molar-refractivity contribution in [2.24, 2.45) is 0 Å². The number of hydrogen-bond acceptors (Lipinski definition) is 8. The number of rotatable bonds is 8. The van der Waals surface area contributed by atoms with E-state index in [2.05, 4.69) is 10.3 Å². The van der Waals surface area contributed by atoms with Crippen LogP contribution in [0.5, 0.6) is 5.75 Å². The number of nitrogens with zero attached hydrogens (tertiary/aromatic N) is 3. The Kier molecular flexibility index (Phi) is 7.73. The molecule has 168 valence electrons. The van der Waals surface area contributed by atoms with Crippen LogP contribution < -0.4 is 15.0 Å². The van der Waals surface area contributed by atoms with Crippen molar-refractivity contribution < 1.29 is 19.2 Å². The lowest BCUT2D eigenvalue weighted by Crippen LogP contribution is -2.25. The van der Waals surface area contributed by atoms with E-state index < -0.39 is 0 Å². The number of carbonyl (C=O) groups is 2. The lowest BCUT2D eigenvalue weighted by Gasteiger charge is -2.16. The first-order valence-electron chi connectivity index (χ1n) is 9.55. The molecule has 10 heteroatoms. The highest BCUT2D eigenvalue weighted by molar-refractivity contribution is 8.01. The highest BCUT2D eigenvalue weighted by Gasteiger charge is 2.18. The minimum Gasteiger partial charge on any atom is -0.496 e. The van der Waals surface area contributed by atoms with E-state index in [9.17, 15) is 9.59 Å². The molecule has 3 rings (SSSR count). The number of hydrogen-bond donors (Lipinski definition) is 1. The maximum absolute atomic E-state index is 12.5. The van der Waals surface area contributed by atoms with Crippen LogP contribution in [0, 0.1) is 0 Å². The molecule has 2 amide bonds. The van der Waals surface area contributed by atoms with E-state index >= 15 is 0 Å². The van der Waals surface area contributed by atoms with Gasteiger partial charge in [0.1, 0.15) is 5.75 Å². The first kappa shape index (κ1) is 23.6. The molecule has 2 aromatic carbocycles. The minimum absolute atomic E-state index is 0.221. The van der Waals surface area contributed by atoms with Crippen LogP contribution in [0.1, 0.15) is 20.7 Å². The van der Waals surface area contributed by atoms with E-state index in [1.54, 1.807) is 30.5 Å². The first-order chi connectivity index (χ1) is 15.3. The van der Waals surface area contributed by atoms with Crippen molar-refractivity contribution in [2.75, 3.05) is 45.6 Å². The average molecular weight is 473 g/mol. The number of anilines is 2. The van der Waals surface area contributed by atoms with Crippen LogP contribution in [0.4, 0.5) is 10.8 Å². The van der Waals surface area contributed by atoms with Crippen molar-refractivity contribution in [3.63, 3.8) is 0 Å². The summed E-state index contributed by atoms with van der Waals surface area (Å²) in [5.74, 6) is -0.0775. The molecule has 1 N–H and O–H groups in total. The predicted octanol–water partition coefficient (Wildman–Crippen LogP) is 4.25. The van der Waals surface area contributed by atoms with Gasteiger partial charge >= 0.3 is 0 Å². The Balaban J connectivity index is 1.71. The fourth-order valence-electron chi connectivity index (χ4n) is 2.73. The molecule has 0 aliphatic rings. The van der Waals surface area contributed by atoms with Crippen LogP contribution >= 0.6 is 23.1 Å². The molecule has 0 radical (unpaired) electrons. The molecule has 0 aliphatic carbocycles. The third kappa shape index (κ3) is 5.58. The number of methoxy groups -OCH3 is 1. The van der Waals surface area contributed by atoms with E-state index in [4.69, 9.17) is 9.57 Å². The summed E-state index contributed by atoms with van der Waals surface area (Å²) in [5, 5.41) is 4.46. The predicted molar refractivity (Wildman–Crippen MR) is 127 cm³/mol. The molecule has 0 atom stereocenters. The van der Waals surface area contributed by atoms with E-state index in [-0.39, 0.29) is 11.8 Å². The van der Waals surface area contributed by atoms with Crippen molar-refractivity contribution in [1.82, 2.24) is 10.0 Å². The lowest BCUT2D eigenvalue weighted by atomic mass is 10.2. The van der Waals surface area contributed by atoms with Gasteiger partial charge in [-0.05, 0) is 42.5 Å². The molecule has 1 aromatic heterocycles. The molecule has 1 heterocycles. The third-order valence-electron chi connectivity index (χ3n) is 4.53. The number of ether oxygens (including phenoxy) is 1. The topological polar surface area (TPSA) is 84.0 Å². The Morgan fingerprint density at radius 1 is 1.06 bits per heavy atom. The lowest BCUT2D eigenvalue weighted by molar-refractivity contribution is -0.0758. The fraction of sp³-hybridized carbons (Fsp3) is 0.227. The minimum atomic E-state index is -0.315. The zero-order chi connectivity index (χ0) is 23.3. The molecule has 0 aliphatic heterocycles. The maximum atomic E-state index is 12.5. The molecule has 0 bridgehead atoms. The van der Waals surface area contributed by atoms with Crippen molar-refractivity contribution >= 4 is 45.7 Å². The summed E-state index contributed by atoms with van der Waals surface area (Å²) >= 11 is 2.79. The number of thiazole rings is 1. The highest BCUT2D eigenvalue weighted by Crippen LogP contribution is 2.36. The Morgan fingerprint density at radius 3 is 2.41 bits per heavy atom. The standard InChI is InChI=1S/C22H24N4O4S2/c1-25(2)15-8-6-14(7-9-15)20(27)24-22-23-13-19(32-22)31-16-10-11-18(29-4)17(12-16)21(28)26(3)30-5/h6-13H,1-5H3,(H,23,24,27). The van der Waals surface area contributed by atoms with E-state index in [0.29, 0.717) is 22.0 Å². The SMILES string of the molecule is COc1ccc(Sc2cnc(NC(=O)c3ccc(N(C)C)cc3)s2)cc1C(=O)N(C)OC. The number of amides is 2. The van der Waals surface area contributed by atoms with Gasteiger partial charge in [0.25, 0.3) is 11.8 Å². The van der Waals surface area contributed by atoms with Crippen LogP contribution in [0.3, 0.4) is 0 Å². The Hall–Kier alpha value is -3.08. The quantitative estimate of drug-likeness (QED) is 0.491. The smallest absolute Gasteiger partial charge is 0.280 e. The van der Waals surface area contributed by atoms with Gasteiger partial charge in [-0.25, -0.2) is 10.0 Å². The number of nitrogens with one attached hydrogen (secondary N) is 1. The second-order valence-electron chi connectivity index (χ2n) is 6.83. The number of carbonyl (C=O) groups excluding carboxylic acids is 2. The van der Waals surface area contributed by atoms with Gasteiger partial charge in [0.15, 0.2) is 5.13 Å². The fourth-order valence-corrected chi connectivity index (χ4v) is 4.62. The molecule has 0 saturated heterocycles. The molecule has 32 heavy (non-hydrogen) atoms. The van der Waals surface area contributed by atoms with Crippen molar-refractivity contribution in [2.45, 2.75) is 9.10 Å². The molecular weight excluding hydrogens is 448 g/mol. The van der Waals surface area contributed by atoms with Crippen LogP contribution in [-0.2, 0) is 4.84 Å². The largest absolute Gasteiger partial charge is 0.496 e. The van der Waals surface area contributed by atoms with E-state index in [1.807, 2.05) is 37.2 Å². The van der Waals surface area contributed by atoms with Crippen molar-refractivity contribution in [3.8, 4) is 5.75 Å². The van der Waals surface area contributed by atoms with Gasteiger partial charge in [0.05, 0.1) is 30.2 Å². The monoisotopic (exact) mass is 472 g/mol. The zero-order valence-corrected chi connectivity index (χ0v) is 20.0. The Bertz CT molecular complexity index is 1100. The van der Waals surface area contributed by atoms with Crippen LogP contribution in [-0.4, -0.2) is 57.2 Å². The zero-order valence-electron chi connectivity index (χ0n) is 18.4. The summed E-state index contributed by atoms with van der Waals surface area (Å²) in [7, 11) is 8.36. The van der Waals surface area contributed by atoms with Gasteiger partial charge < -0.3 is 9.64 Å². The van der Waals surface area contributed by atoms with Crippen molar-refractivity contribution in [3.05, 3.63) is 59.8 Å². The van der Waals surface area contributed by atoms with Gasteiger partial charge in [0, 0.05) is 37.3 Å². The maximum Gasteiger partial charge on any atom is 0.280 e. The van der Waals surface area contributed by atoms with Crippen LogP contribution in [0.25, 0.3) is 0 Å². The molecule has 0 spiro atoms. The van der Waals surface area contributed by atoms with Gasteiger partial charge in [-0.15, -0.1) is 0 Å². The van der Waals surface area contributed by atoms with E-state index in [1.165, 1.54) is 44.4 Å². The molecule has 8 nitrogen and oxygen atoms in total. The van der Waals surface area contributed by atoms with Gasteiger partial charge in [-0.1, -0.05) is 23.1 Å². The summed E-state index contributed by atoms with van der Waals surface area (Å²) in [4.78, 5) is 37.1. The van der Waals surface area contributed by atoms with E-state index in [0.717, 1.165) is 19.9 Å². The molecule has 0 unspecified atom stereocenters. The average Bonchev–Trinajstić information content (AvgIpc) is 3.24. The Morgan fingerprint density at radius 2 is 1.78 bits per heavy atom. The van der Waals surface area contributed by atoms with Gasteiger partial charge in [0.2, 0.25) is 0 Å². The first-order valence-corrected chi connectivity index (χ1v) is 11.2. The van der Waals surface area contributed by atoms with Crippen molar-refractivity contribution in [1.29, 1.82) is 0 Å². The molecule has 3 aromatic rings. The second kappa shape index (κ2) is 10.5. The Labute approximate surface area is 195 Å². The summed E-state index contributed by atoms with van der Waals surface area (Å²) < 4.78 is 6.17. The van der Waals surface area contributed by atoms with Gasteiger partial charge in [-0.2, -0.15) is 0 Å². The highest BCUT2D eigenvalue weighted by atomic mass is 32.2. The number of hydroxylamine groups is 2. The molecule has 0 fully saturated rings. The number of benzene rings is 2. The normalized spacial score (nSPS) is 10.5. The summed E-state index contributed by atoms with van der Waals surface area (Å²) in [6.07, 6.45) is 1.69. The third-order valence-corrected chi connectivity index (χ3v) is 6.53. The van der Waals surface area contributed by atoms with Gasteiger partial charge in [-0.3, -0.25) is 19.7 Å². The summed E-state index contributed by atoms with van der Waals surface area (Å²) in [6, 6.07) is 12.7. The summed E-state index contributed by atoms with van der Waals surface area (Å²) in [5.41, 5.74) is 1.96.